The van der Waals surface area contributed by atoms with Gasteiger partial charge < -0.3 is 14.3 Å². The number of halogens is 1. The molecular weight excluding hydrogens is 300 g/mol. The maximum absolute atomic E-state index is 11.6. The van der Waals surface area contributed by atoms with E-state index in [1.807, 2.05) is 0 Å². The molecule has 1 rings (SSSR count). The van der Waals surface area contributed by atoms with Crippen LogP contribution >= 0.6 is 11.6 Å². The van der Waals surface area contributed by atoms with Crippen molar-refractivity contribution in [2.24, 2.45) is 10.4 Å². The van der Waals surface area contributed by atoms with Crippen molar-refractivity contribution in [1.82, 2.24) is 15.4 Å². The topological polar surface area (TPSA) is 94.9 Å². The second-order valence-corrected chi connectivity index (χ2v) is 4.80. The highest BCUT2D eigenvalue weighted by Gasteiger charge is 2.28. The Labute approximate surface area is 127 Å². The average molecular weight is 317 g/mol. The molecule has 0 unspecified atom stereocenters. The number of ether oxygens (including phenoxy) is 2. The van der Waals surface area contributed by atoms with Crippen LogP contribution < -0.4 is 15.0 Å². The van der Waals surface area contributed by atoms with Crippen LogP contribution in [0.3, 0.4) is 0 Å². The largest absolute Gasteiger partial charge is 0.481 e. The van der Waals surface area contributed by atoms with E-state index in [1.54, 1.807) is 13.8 Å². The van der Waals surface area contributed by atoms with Gasteiger partial charge in [-0.15, -0.1) is 11.6 Å². The van der Waals surface area contributed by atoms with Gasteiger partial charge in [-0.1, -0.05) is 0 Å². The first-order chi connectivity index (χ1) is 9.92. The number of nitrogens with zero attached hydrogens (tertiary/aromatic N) is 3. The Kier molecular flexibility index (Phi) is 6.16. The number of hydrogen-bond acceptors (Lipinski definition) is 7. The van der Waals surface area contributed by atoms with E-state index in [2.05, 4.69) is 20.4 Å². The second-order valence-electron chi connectivity index (χ2n) is 4.54. The summed E-state index contributed by atoms with van der Waals surface area (Å²) < 4.78 is 9.95. The molecule has 0 saturated heterocycles. The summed E-state index contributed by atoms with van der Waals surface area (Å²) in [6, 6.07) is 1.51. The van der Waals surface area contributed by atoms with Gasteiger partial charge in [0.1, 0.15) is 6.34 Å². The molecule has 1 N–H and O–H groups in total. The third-order valence-corrected chi connectivity index (χ3v) is 3.02. The number of aliphatic imine (C=N–C) groups is 1. The molecule has 1 aromatic heterocycles. The molecular formula is C12H17ClN4O4. The number of hydroxylamine groups is 1. The van der Waals surface area contributed by atoms with Crippen LogP contribution in [0.2, 0.25) is 0 Å². The summed E-state index contributed by atoms with van der Waals surface area (Å²) in [5.41, 5.74) is 1.49. The van der Waals surface area contributed by atoms with Gasteiger partial charge >= 0.3 is 5.97 Å². The van der Waals surface area contributed by atoms with Crippen molar-refractivity contribution in [2.75, 3.05) is 20.1 Å². The molecule has 0 aliphatic rings. The molecule has 21 heavy (non-hydrogen) atoms. The van der Waals surface area contributed by atoms with Crippen LogP contribution in [0, 0.1) is 5.41 Å². The SMILES string of the molecule is COc1cc(OC)nc(/N=C\NOC(=O)C(C)(C)CCl)n1. The molecule has 0 aromatic carbocycles. The minimum absolute atomic E-state index is 0.0892. The molecule has 0 bridgehead atoms. The number of alkyl halides is 1. The van der Waals surface area contributed by atoms with Crippen LogP contribution in [-0.4, -0.2) is 42.4 Å². The van der Waals surface area contributed by atoms with Gasteiger partial charge in [-0.3, -0.25) is 0 Å². The minimum Gasteiger partial charge on any atom is -0.481 e. The highest BCUT2D eigenvalue weighted by atomic mass is 35.5. The predicted molar refractivity (Wildman–Crippen MR) is 77.0 cm³/mol. The highest BCUT2D eigenvalue weighted by molar-refractivity contribution is 6.19. The van der Waals surface area contributed by atoms with Crippen molar-refractivity contribution in [3.8, 4) is 11.8 Å². The summed E-state index contributed by atoms with van der Waals surface area (Å²) in [7, 11) is 2.92. The molecule has 0 spiro atoms. The van der Waals surface area contributed by atoms with Gasteiger partial charge in [0.2, 0.25) is 11.8 Å². The van der Waals surface area contributed by atoms with E-state index in [-0.39, 0.29) is 11.8 Å². The number of rotatable bonds is 7. The Bertz CT molecular complexity index is 500. The Morgan fingerprint density at radius 3 is 2.43 bits per heavy atom. The number of aromatic nitrogens is 2. The molecule has 8 nitrogen and oxygen atoms in total. The lowest BCUT2D eigenvalue weighted by atomic mass is 9.97. The molecule has 1 heterocycles. The van der Waals surface area contributed by atoms with Gasteiger partial charge in [-0.05, 0) is 13.8 Å². The standard InChI is InChI=1S/C12H17ClN4O4/c1-12(2,6-13)10(18)21-15-7-14-11-16-8(19-3)5-9(17-11)20-4/h5,7H,6H2,1-4H3,(H,14,15,16,17). The molecule has 0 fully saturated rings. The Morgan fingerprint density at radius 1 is 1.38 bits per heavy atom. The van der Waals surface area contributed by atoms with E-state index >= 15 is 0 Å². The highest BCUT2D eigenvalue weighted by Crippen LogP contribution is 2.19. The van der Waals surface area contributed by atoms with Gasteiger partial charge in [0, 0.05) is 5.88 Å². The fourth-order valence-corrected chi connectivity index (χ4v) is 1.12. The summed E-state index contributed by atoms with van der Waals surface area (Å²) >= 11 is 5.65. The van der Waals surface area contributed by atoms with Crippen molar-refractivity contribution in [3.05, 3.63) is 6.07 Å². The fourth-order valence-electron chi connectivity index (χ4n) is 1.02. The molecule has 116 valence electrons. The van der Waals surface area contributed by atoms with Gasteiger partial charge in [-0.25, -0.2) is 10.3 Å². The lowest BCUT2D eigenvalue weighted by molar-refractivity contribution is -0.156. The second kappa shape index (κ2) is 7.63. The van der Waals surface area contributed by atoms with E-state index in [9.17, 15) is 4.79 Å². The number of nitrogens with one attached hydrogen (secondary N) is 1. The van der Waals surface area contributed by atoms with Gasteiger partial charge in [0.15, 0.2) is 0 Å². The van der Waals surface area contributed by atoms with Gasteiger partial charge in [0.25, 0.3) is 5.95 Å². The van der Waals surface area contributed by atoms with E-state index in [0.29, 0.717) is 11.8 Å². The third-order valence-electron chi connectivity index (χ3n) is 2.36. The number of hydrogen-bond donors (Lipinski definition) is 1. The minimum atomic E-state index is -0.794. The maximum Gasteiger partial charge on any atom is 0.338 e. The lowest BCUT2D eigenvalue weighted by Gasteiger charge is -2.17. The summed E-state index contributed by atoms with van der Waals surface area (Å²) in [6.45, 7) is 3.33. The smallest absolute Gasteiger partial charge is 0.338 e. The van der Waals surface area contributed by atoms with Crippen molar-refractivity contribution >= 4 is 29.9 Å². The summed E-state index contributed by atoms with van der Waals surface area (Å²) in [4.78, 5) is 28.2. The molecule has 0 amide bonds. The van der Waals surface area contributed by atoms with Crippen molar-refractivity contribution in [2.45, 2.75) is 13.8 Å². The molecule has 9 heteroatoms. The number of carbonyl (C=O) groups excluding carboxylic acids is 1. The van der Waals surface area contributed by atoms with Crippen LogP contribution in [0.15, 0.2) is 11.1 Å². The first kappa shape index (κ1) is 17.0. The first-order valence-electron chi connectivity index (χ1n) is 5.95. The summed E-state index contributed by atoms with van der Waals surface area (Å²) in [5.74, 6) is 0.323. The Balaban J connectivity index is 2.63. The van der Waals surface area contributed by atoms with E-state index < -0.39 is 11.4 Å². The molecule has 0 saturated carbocycles. The molecule has 0 aliphatic carbocycles. The number of methoxy groups -OCH3 is 2. The van der Waals surface area contributed by atoms with Crippen LogP contribution in [0.25, 0.3) is 0 Å². The van der Waals surface area contributed by atoms with Crippen LogP contribution in [-0.2, 0) is 9.63 Å². The van der Waals surface area contributed by atoms with E-state index in [0.717, 1.165) is 6.34 Å². The average Bonchev–Trinajstić information content (AvgIpc) is 2.50. The van der Waals surface area contributed by atoms with Crippen molar-refractivity contribution < 1.29 is 19.1 Å². The van der Waals surface area contributed by atoms with Crippen LogP contribution in [0.4, 0.5) is 5.95 Å². The predicted octanol–water partition coefficient (Wildman–Crippen LogP) is 1.47. The summed E-state index contributed by atoms with van der Waals surface area (Å²) in [6.07, 6.45) is 1.14. The zero-order valence-electron chi connectivity index (χ0n) is 12.2. The Morgan fingerprint density at radius 2 is 1.95 bits per heavy atom. The third kappa shape index (κ3) is 5.07. The van der Waals surface area contributed by atoms with Crippen LogP contribution in [0.1, 0.15) is 13.8 Å². The monoisotopic (exact) mass is 316 g/mol. The van der Waals surface area contributed by atoms with Gasteiger partial charge in [-0.2, -0.15) is 15.0 Å². The first-order valence-corrected chi connectivity index (χ1v) is 6.48. The van der Waals surface area contributed by atoms with Crippen molar-refractivity contribution in [1.29, 1.82) is 0 Å². The van der Waals surface area contributed by atoms with Gasteiger partial charge in [0.05, 0.1) is 25.7 Å². The molecule has 0 atom stereocenters. The molecule has 0 aliphatic heterocycles. The quantitative estimate of drug-likeness (QED) is 0.352. The van der Waals surface area contributed by atoms with E-state index in [4.69, 9.17) is 25.9 Å². The number of carbonyl (C=O) groups is 1. The zero-order valence-corrected chi connectivity index (χ0v) is 13.0. The zero-order chi connectivity index (χ0) is 15.9. The van der Waals surface area contributed by atoms with Crippen molar-refractivity contribution in [3.63, 3.8) is 0 Å². The van der Waals surface area contributed by atoms with Crippen LogP contribution in [0.5, 0.6) is 11.8 Å². The lowest BCUT2D eigenvalue weighted by Crippen LogP contribution is -2.32. The maximum atomic E-state index is 11.6. The molecule has 1 aromatic rings. The summed E-state index contributed by atoms with van der Waals surface area (Å²) in [5, 5.41) is 0. The Hall–Kier alpha value is -2.09. The van der Waals surface area contributed by atoms with E-state index in [1.165, 1.54) is 20.3 Å². The normalized spacial score (nSPS) is 11.3. The fraction of sp³-hybridized carbons (Fsp3) is 0.500. The molecule has 0 radical (unpaired) electrons.